The minimum Gasteiger partial charge on any atom is -0.456 e. The highest BCUT2D eigenvalue weighted by atomic mass is 16.3. The number of hydrogen-bond donors (Lipinski definition) is 0. The van der Waals surface area contributed by atoms with E-state index in [2.05, 4.69) is 133 Å². The van der Waals surface area contributed by atoms with Gasteiger partial charge in [-0.05, 0) is 115 Å². The van der Waals surface area contributed by atoms with Gasteiger partial charge in [0.1, 0.15) is 33.5 Å². The molecule has 0 saturated heterocycles. The molecule has 3 heterocycles. The van der Waals surface area contributed by atoms with Crippen molar-refractivity contribution in [2.45, 2.75) is 0 Å². The van der Waals surface area contributed by atoms with Gasteiger partial charge in [-0.25, -0.2) is 0 Å². The molecule has 0 bridgehead atoms. The molecule has 12 aromatic rings. The first-order chi connectivity index (χ1) is 25.2. The van der Waals surface area contributed by atoms with Crippen molar-refractivity contribution >= 4 is 98.1 Å². The van der Waals surface area contributed by atoms with Crippen LogP contribution in [0.25, 0.3) is 120 Å². The van der Waals surface area contributed by atoms with Crippen molar-refractivity contribution in [2.75, 3.05) is 0 Å². The van der Waals surface area contributed by atoms with E-state index in [1.807, 2.05) is 24.3 Å². The molecular formula is C48H26O3. The second-order valence-corrected chi connectivity index (χ2v) is 13.6. The summed E-state index contributed by atoms with van der Waals surface area (Å²) in [7, 11) is 0. The Bertz CT molecular complexity index is 3370. The molecule has 0 saturated carbocycles. The molecule has 236 valence electrons. The van der Waals surface area contributed by atoms with Gasteiger partial charge in [-0.2, -0.15) is 0 Å². The third-order valence-electron chi connectivity index (χ3n) is 10.8. The number of rotatable bonds is 2. The predicted molar refractivity (Wildman–Crippen MR) is 212 cm³/mol. The van der Waals surface area contributed by atoms with Gasteiger partial charge in [-0.3, -0.25) is 0 Å². The Labute approximate surface area is 290 Å². The molecular weight excluding hydrogens is 625 g/mol. The third-order valence-corrected chi connectivity index (χ3v) is 10.8. The molecule has 0 aliphatic carbocycles. The van der Waals surface area contributed by atoms with Gasteiger partial charge >= 0.3 is 0 Å². The normalized spacial score (nSPS) is 12.3. The maximum absolute atomic E-state index is 6.49. The monoisotopic (exact) mass is 650 g/mol. The van der Waals surface area contributed by atoms with Crippen molar-refractivity contribution in [3.05, 3.63) is 158 Å². The Balaban J connectivity index is 1.10. The van der Waals surface area contributed by atoms with E-state index >= 15 is 0 Å². The summed E-state index contributed by atoms with van der Waals surface area (Å²) in [6.07, 6.45) is 0. The minimum atomic E-state index is 0.871. The highest BCUT2D eigenvalue weighted by Crippen LogP contribution is 2.46. The van der Waals surface area contributed by atoms with Crippen LogP contribution in [0.4, 0.5) is 0 Å². The van der Waals surface area contributed by atoms with Crippen molar-refractivity contribution in [3.8, 4) is 22.3 Å². The SMILES string of the molecule is c1ccc2c(c1)oc1cc(-c3c4ccccc4c(-c4ccc5oc6cc7cc8oc9ccccc9c8cc7cc6c5c4)c4ccccc34)ccc12. The average Bonchev–Trinajstić information content (AvgIpc) is 3.85. The molecule has 0 amide bonds. The van der Waals surface area contributed by atoms with E-state index < -0.39 is 0 Å². The fourth-order valence-corrected chi connectivity index (χ4v) is 8.53. The third kappa shape index (κ3) is 3.78. The molecule has 0 atom stereocenters. The number of para-hydroxylation sites is 2. The minimum absolute atomic E-state index is 0.871. The molecule has 0 aliphatic rings. The quantitative estimate of drug-likeness (QED) is 0.175. The van der Waals surface area contributed by atoms with E-state index in [1.165, 1.54) is 32.7 Å². The van der Waals surface area contributed by atoms with Crippen LogP contribution < -0.4 is 0 Å². The van der Waals surface area contributed by atoms with Gasteiger partial charge in [0.15, 0.2) is 0 Å². The van der Waals surface area contributed by atoms with Crippen molar-refractivity contribution in [1.82, 2.24) is 0 Å². The smallest absolute Gasteiger partial charge is 0.136 e. The van der Waals surface area contributed by atoms with Crippen LogP contribution >= 0.6 is 0 Å². The highest BCUT2D eigenvalue weighted by Gasteiger charge is 2.19. The van der Waals surface area contributed by atoms with Crippen LogP contribution in [0.2, 0.25) is 0 Å². The first-order valence-electron chi connectivity index (χ1n) is 17.3. The van der Waals surface area contributed by atoms with E-state index in [-0.39, 0.29) is 0 Å². The zero-order valence-electron chi connectivity index (χ0n) is 27.2. The van der Waals surface area contributed by atoms with Crippen LogP contribution in [-0.4, -0.2) is 0 Å². The summed E-state index contributed by atoms with van der Waals surface area (Å²) in [5.41, 5.74) is 10.1. The Kier molecular flexibility index (Phi) is 5.23. The van der Waals surface area contributed by atoms with E-state index in [0.29, 0.717) is 0 Å². The van der Waals surface area contributed by atoms with Gasteiger partial charge in [-0.15, -0.1) is 0 Å². The van der Waals surface area contributed by atoms with Gasteiger partial charge in [-0.1, -0.05) is 97.1 Å². The van der Waals surface area contributed by atoms with Gasteiger partial charge in [0.2, 0.25) is 0 Å². The number of hydrogen-bond acceptors (Lipinski definition) is 3. The lowest BCUT2D eigenvalue weighted by molar-refractivity contribution is 0.668. The van der Waals surface area contributed by atoms with E-state index in [4.69, 9.17) is 13.3 Å². The molecule has 0 N–H and O–H groups in total. The highest BCUT2D eigenvalue weighted by molar-refractivity contribution is 6.23. The summed E-state index contributed by atoms with van der Waals surface area (Å²) >= 11 is 0. The summed E-state index contributed by atoms with van der Waals surface area (Å²) in [5.74, 6) is 0. The summed E-state index contributed by atoms with van der Waals surface area (Å²) in [6, 6.07) is 56.2. The molecule has 0 radical (unpaired) electrons. The van der Waals surface area contributed by atoms with E-state index in [0.717, 1.165) is 87.7 Å². The fraction of sp³-hybridized carbons (Fsp3) is 0. The lowest BCUT2D eigenvalue weighted by Gasteiger charge is -2.17. The van der Waals surface area contributed by atoms with Gasteiger partial charge in [0.05, 0.1) is 0 Å². The topological polar surface area (TPSA) is 39.4 Å². The molecule has 9 aromatic carbocycles. The predicted octanol–water partition coefficient (Wildman–Crippen LogP) is 14.2. The standard InChI is InChI=1S/C48H26O3/c1-3-13-36-34(11-1)47(35-12-2-4-14-37(35)48(36)28-17-19-33-31-9-5-7-15-41(31)49-44(33)24-28)27-18-20-43-39(21-27)40-23-29-22-38-32-10-6-8-16-42(32)50-45(38)25-30(29)26-46(40)51-43/h1-26H. The maximum atomic E-state index is 6.49. The molecule has 0 spiro atoms. The van der Waals surface area contributed by atoms with Crippen molar-refractivity contribution < 1.29 is 13.3 Å². The molecule has 51 heavy (non-hydrogen) atoms. The molecule has 0 unspecified atom stereocenters. The van der Waals surface area contributed by atoms with Crippen LogP contribution in [0.3, 0.4) is 0 Å². The van der Waals surface area contributed by atoms with Crippen molar-refractivity contribution in [1.29, 1.82) is 0 Å². The summed E-state index contributed by atoms with van der Waals surface area (Å²) < 4.78 is 19.0. The Morgan fingerprint density at radius 3 is 1.20 bits per heavy atom. The second kappa shape index (κ2) is 9.87. The van der Waals surface area contributed by atoms with Crippen LogP contribution in [-0.2, 0) is 0 Å². The molecule has 3 aromatic heterocycles. The maximum Gasteiger partial charge on any atom is 0.136 e. The van der Waals surface area contributed by atoms with Crippen LogP contribution in [0.15, 0.2) is 171 Å². The molecule has 12 rings (SSSR count). The first kappa shape index (κ1) is 27.0. The molecule has 3 heteroatoms. The Morgan fingerprint density at radius 2 is 0.608 bits per heavy atom. The van der Waals surface area contributed by atoms with E-state index in [1.54, 1.807) is 0 Å². The van der Waals surface area contributed by atoms with Crippen LogP contribution in [0.1, 0.15) is 0 Å². The number of furan rings is 3. The Hall–Kier alpha value is -6.84. The molecule has 0 fully saturated rings. The number of benzene rings is 9. The zero-order valence-corrected chi connectivity index (χ0v) is 27.2. The van der Waals surface area contributed by atoms with Gasteiger partial charge < -0.3 is 13.3 Å². The molecule has 3 nitrogen and oxygen atoms in total. The van der Waals surface area contributed by atoms with Gasteiger partial charge in [0.25, 0.3) is 0 Å². The zero-order chi connectivity index (χ0) is 33.2. The summed E-state index contributed by atoms with van der Waals surface area (Å²) in [5, 5.41) is 13.9. The summed E-state index contributed by atoms with van der Waals surface area (Å²) in [6.45, 7) is 0. The second-order valence-electron chi connectivity index (χ2n) is 13.6. The Morgan fingerprint density at radius 1 is 0.235 bits per heavy atom. The lowest BCUT2D eigenvalue weighted by Crippen LogP contribution is -1.90. The average molecular weight is 651 g/mol. The molecule has 0 aliphatic heterocycles. The lowest BCUT2D eigenvalue weighted by atomic mass is 9.85. The largest absolute Gasteiger partial charge is 0.456 e. The van der Waals surface area contributed by atoms with Crippen LogP contribution in [0.5, 0.6) is 0 Å². The van der Waals surface area contributed by atoms with Crippen LogP contribution in [0, 0.1) is 0 Å². The van der Waals surface area contributed by atoms with Crippen molar-refractivity contribution in [3.63, 3.8) is 0 Å². The number of fused-ring (bicyclic) bond motifs is 12. The van der Waals surface area contributed by atoms with E-state index in [9.17, 15) is 0 Å². The summed E-state index contributed by atoms with van der Waals surface area (Å²) in [4.78, 5) is 0. The van der Waals surface area contributed by atoms with Crippen molar-refractivity contribution in [2.24, 2.45) is 0 Å². The first-order valence-corrected chi connectivity index (χ1v) is 17.3. The van der Waals surface area contributed by atoms with Gasteiger partial charge in [0, 0.05) is 32.3 Å². The fourth-order valence-electron chi connectivity index (χ4n) is 8.53.